The summed E-state index contributed by atoms with van der Waals surface area (Å²) in [5, 5.41) is 0. The quantitative estimate of drug-likeness (QED) is 0.728. The molecule has 0 saturated carbocycles. The summed E-state index contributed by atoms with van der Waals surface area (Å²) in [6.45, 7) is 8.90. The van der Waals surface area contributed by atoms with Crippen molar-refractivity contribution in [3.05, 3.63) is 0 Å². The van der Waals surface area contributed by atoms with E-state index in [9.17, 15) is 0 Å². The van der Waals surface area contributed by atoms with Crippen LogP contribution in [0.3, 0.4) is 0 Å². The molecule has 1 aliphatic heterocycles. The molecule has 0 bridgehead atoms. The summed E-state index contributed by atoms with van der Waals surface area (Å²) in [6.07, 6.45) is 2.50. The van der Waals surface area contributed by atoms with Crippen LogP contribution in [0, 0.1) is 0 Å². The third kappa shape index (κ3) is 2.94. The van der Waals surface area contributed by atoms with Gasteiger partial charge in [0.05, 0.1) is 0 Å². The molecule has 14 heavy (non-hydrogen) atoms. The van der Waals surface area contributed by atoms with Crippen molar-refractivity contribution in [1.29, 1.82) is 0 Å². The Kier molecular flexibility index (Phi) is 4.85. The second kappa shape index (κ2) is 5.69. The molecule has 2 N–H and O–H groups in total. The topological polar surface area (TPSA) is 32.5 Å². The van der Waals surface area contributed by atoms with Gasteiger partial charge in [0.15, 0.2) is 0 Å². The van der Waals surface area contributed by atoms with Crippen molar-refractivity contribution in [3.8, 4) is 0 Å². The lowest BCUT2D eigenvalue weighted by atomic mass is 10.1. The first-order chi connectivity index (χ1) is 6.69. The van der Waals surface area contributed by atoms with E-state index in [1.165, 1.54) is 25.9 Å². The molecule has 3 nitrogen and oxygen atoms in total. The Balaban J connectivity index is 2.60. The number of rotatable bonds is 3. The van der Waals surface area contributed by atoms with Crippen LogP contribution >= 0.6 is 0 Å². The van der Waals surface area contributed by atoms with E-state index in [-0.39, 0.29) is 0 Å². The molecule has 0 spiro atoms. The van der Waals surface area contributed by atoms with E-state index in [1.807, 2.05) is 0 Å². The molecule has 3 heteroatoms. The van der Waals surface area contributed by atoms with Gasteiger partial charge in [-0.25, -0.2) is 0 Å². The molecule has 0 radical (unpaired) electrons. The lowest BCUT2D eigenvalue weighted by Gasteiger charge is -2.34. The fourth-order valence-corrected chi connectivity index (χ4v) is 2.29. The number of nitrogens with two attached hydrogens (primary N) is 1. The molecule has 1 saturated heterocycles. The molecule has 0 aromatic carbocycles. The van der Waals surface area contributed by atoms with Crippen LogP contribution < -0.4 is 5.73 Å². The van der Waals surface area contributed by atoms with Crippen molar-refractivity contribution < 1.29 is 0 Å². The van der Waals surface area contributed by atoms with E-state index in [0.717, 1.165) is 13.1 Å². The predicted molar refractivity (Wildman–Crippen MR) is 61.4 cm³/mol. The summed E-state index contributed by atoms with van der Waals surface area (Å²) < 4.78 is 0. The first kappa shape index (κ1) is 12.0. The fourth-order valence-electron chi connectivity index (χ4n) is 2.29. The Labute approximate surface area is 88.2 Å². The highest BCUT2D eigenvalue weighted by molar-refractivity contribution is 4.82. The van der Waals surface area contributed by atoms with Crippen LogP contribution in [-0.2, 0) is 0 Å². The highest BCUT2D eigenvalue weighted by atomic mass is 15.3. The van der Waals surface area contributed by atoms with Gasteiger partial charge in [0.2, 0.25) is 0 Å². The number of hydrogen-bond donors (Lipinski definition) is 1. The predicted octanol–water partition coefficient (Wildman–Crippen LogP) is 0.750. The minimum Gasteiger partial charge on any atom is -0.329 e. The number of hydrogen-bond acceptors (Lipinski definition) is 3. The maximum absolute atomic E-state index is 5.85. The molecule has 1 heterocycles. The summed E-state index contributed by atoms with van der Waals surface area (Å²) >= 11 is 0. The van der Waals surface area contributed by atoms with Gasteiger partial charge in [-0.1, -0.05) is 6.92 Å². The maximum Gasteiger partial charge on any atom is 0.0348 e. The van der Waals surface area contributed by atoms with E-state index < -0.39 is 0 Å². The normalized spacial score (nSPS) is 28.7. The maximum atomic E-state index is 5.85. The molecule has 0 amide bonds. The van der Waals surface area contributed by atoms with Crippen LogP contribution in [0.4, 0.5) is 0 Å². The fraction of sp³-hybridized carbons (Fsp3) is 1.00. The average molecular weight is 199 g/mol. The van der Waals surface area contributed by atoms with Gasteiger partial charge in [-0.2, -0.15) is 0 Å². The number of likely N-dealkylation sites (N-methyl/N-ethyl adjacent to an activating group) is 1. The van der Waals surface area contributed by atoms with Crippen LogP contribution in [0.25, 0.3) is 0 Å². The minimum absolute atomic E-state index is 0.553. The molecule has 2 unspecified atom stereocenters. The Morgan fingerprint density at radius 3 is 2.71 bits per heavy atom. The van der Waals surface area contributed by atoms with Crippen molar-refractivity contribution >= 4 is 0 Å². The Morgan fingerprint density at radius 2 is 2.14 bits per heavy atom. The van der Waals surface area contributed by atoms with Crippen LogP contribution in [-0.4, -0.2) is 55.1 Å². The third-order valence-corrected chi connectivity index (χ3v) is 3.38. The van der Waals surface area contributed by atoms with Crippen molar-refractivity contribution in [1.82, 2.24) is 9.80 Å². The van der Waals surface area contributed by atoms with Gasteiger partial charge < -0.3 is 10.6 Å². The third-order valence-electron chi connectivity index (χ3n) is 3.38. The molecule has 1 aliphatic rings. The van der Waals surface area contributed by atoms with Crippen LogP contribution in [0.2, 0.25) is 0 Å². The molecule has 0 aromatic heterocycles. The summed E-state index contributed by atoms with van der Waals surface area (Å²) in [5.41, 5.74) is 5.85. The SMILES string of the molecule is CCC(C)N1CCCN(C)CC1CN. The standard InChI is InChI=1S/C11H25N3/c1-4-10(2)14-7-5-6-13(3)9-11(14)8-12/h10-11H,4-9,12H2,1-3H3. The molecule has 84 valence electrons. The van der Waals surface area contributed by atoms with E-state index in [4.69, 9.17) is 5.73 Å². The van der Waals surface area contributed by atoms with Crippen LogP contribution in [0.5, 0.6) is 0 Å². The molecular weight excluding hydrogens is 174 g/mol. The Hall–Kier alpha value is -0.120. The zero-order valence-corrected chi connectivity index (χ0v) is 9.87. The monoisotopic (exact) mass is 199 g/mol. The average Bonchev–Trinajstić information content (AvgIpc) is 2.38. The highest BCUT2D eigenvalue weighted by Crippen LogP contribution is 2.13. The lowest BCUT2D eigenvalue weighted by molar-refractivity contribution is 0.142. The summed E-state index contributed by atoms with van der Waals surface area (Å²) in [7, 11) is 2.20. The Morgan fingerprint density at radius 1 is 1.43 bits per heavy atom. The van der Waals surface area contributed by atoms with E-state index in [0.29, 0.717) is 12.1 Å². The smallest absolute Gasteiger partial charge is 0.0348 e. The van der Waals surface area contributed by atoms with E-state index >= 15 is 0 Å². The Bertz CT molecular complexity index is 161. The second-order valence-electron chi connectivity index (χ2n) is 4.50. The largest absolute Gasteiger partial charge is 0.329 e. The van der Waals surface area contributed by atoms with E-state index in [1.54, 1.807) is 0 Å². The summed E-state index contributed by atoms with van der Waals surface area (Å²) in [5.74, 6) is 0. The molecule has 2 atom stereocenters. The van der Waals surface area contributed by atoms with Gasteiger partial charge in [0.25, 0.3) is 0 Å². The zero-order valence-electron chi connectivity index (χ0n) is 9.87. The first-order valence-electron chi connectivity index (χ1n) is 5.83. The van der Waals surface area contributed by atoms with Gasteiger partial charge in [0.1, 0.15) is 0 Å². The molecule has 0 aromatic rings. The van der Waals surface area contributed by atoms with Crippen molar-refractivity contribution in [2.75, 3.05) is 33.2 Å². The van der Waals surface area contributed by atoms with Crippen LogP contribution in [0.1, 0.15) is 26.7 Å². The first-order valence-corrected chi connectivity index (χ1v) is 5.83. The number of nitrogens with zero attached hydrogens (tertiary/aromatic N) is 2. The second-order valence-corrected chi connectivity index (χ2v) is 4.50. The highest BCUT2D eigenvalue weighted by Gasteiger charge is 2.24. The minimum atomic E-state index is 0.553. The van der Waals surface area contributed by atoms with Gasteiger partial charge in [-0.05, 0) is 33.4 Å². The lowest BCUT2D eigenvalue weighted by Crippen LogP contribution is -2.48. The molecule has 1 rings (SSSR count). The molecule has 1 fully saturated rings. The van der Waals surface area contributed by atoms with Gasteiger partial charge >= 0.3 is 0 Å². The van der Waals surface area contributed by atoms with Crippen LogP contribution in [0.15, 0.2) is 0 Å². The van der Waals surface area contributed by atoms with Crippen molar-refractivity contribution in [3.63, 3.8) is 0 Å². The molecular formula is C11H25N3. The summed E-state index contributed by atoms with van der Waals surface area (Å²) in [6, 6.07) is 1.23. The van der Waals surface area contributed by atoms with Crippen molar-refractivity contribution in [2.45, 2.75) is 38.8 Å². The van der Waals surface area contributed by atoms with Gasteiger partial charge in [-0.3, -0.25) is 4.90 Å². The van der Waals surface area contributed by atoms with E-state index in [2.05, 4.69) is 30.7 Å². The van der Waals surface area contributed by atoms with Crippen molar-refractivity contribution in [2.24, 2.45) is 5.73 Å². The van der Waals surface area contributed by atoms with Gasteiger partial charge in [-0.15, -0.1) is 0 Å². The zero-order chi connectivity index (χ0) is 10.6. The van der Waals surface area contributed by atoms with Gasteiger partial charge in [0, 0.05) is 31.7 Å². The molecule has 0 aliphatic carbocycles. The summed E-state index contributed by atoms with van der Waals surface area (Å²) in [4.78, 5) is 4.99.